The number of sulfonamides is 1. The zero-order valence-corrected chi connectivity index (χ0v) is 11.1. The average molecular weight is 278 g/mol. The summed E-state index contributed by atoms with van der Waals surface area (Å²) < 4.78 is 25.7. The van der Waals surface area contributed by atoms with Gasteiger partial charge < -0.3 is 5.11 Å². The number of hydrogen-bond donors (Lipinski definition) is 2. The van der Waals surface area contributed by atoms with Gasteiger partial charge >= 0.3 is 0 Å². The zero-order chi connectivity index (χ0) is 12.9. The second kappa shape index (κ2) is 6.35. The molecule has 0 bridgehead atoms. The Morgan fingerprint density at radius 3 is 2.47 bits per heavy atom. The molecule has 1 aromatic rings. The monoisotopic (exact) mass is 277 g/mol. The van der Waals surface area contributed by atoms with Crippen LogP contribution in [-0.4, -0.2) is 25.9 Å². The van der Waals surface area contributed by atoms with Gasteiger partial charge in [-0.2, -0.15) is 0 Å². The molecule has 2 N–H and O–H groups in total. The van der Waals surface area contributed by atoms with Gasteiger partial charge in [-0.05, 0) is 31.0 Å². The highest BCUT2D eigenvalue weighted by molar-refractivity contribution is 7.89. The predicted octanol–water partition coefficient (Wildman–Crippen LogP) is 1.70. The van der Waals surface area contributed by atoms with Gasteiger partial charge in [0.15, 0.2) is 0 Å². The summed E-state index contributed by atoms with van der Waals surface area (Å²) in [5.41, 5.74) is 0.849. The van der Waals surface area contributed by atoms with Crippen LogP contribution in [0.4, 0.5) is 0 Å². The summed E-state index contributed by atoms with van der Waals surface area (Å²) in [6.07, 6.45) is 0.239. The minimum Gasteiger partial charge on any atom is -0.396 e. The van der Waals surface area contributed by atoms with Crippen LogP contribution in [0, 0.1) is 0 Å². The Bertz CT molecular complexity index is 444. The Labute approximate surface area is 107 Å². The number of nitrogens with one attached hydrogen (secondary N) is 1. The summed E-state index contributed by atoms with van der Waals surface area (Å²) in [6, 6.07) is 6.68. The molecule has 0 saturated heterocycles. The highest BCUT2D eigenvalue weighted by Gasteiger charge is 2.15. The average Bonchev–Trinajstić information content (AvgIpc) is 2.26. The summed E-state index contributed by atoms with van der Waals surface area (Å²) in [4.78, 5) is 0. The van der Waals surface area contributed by atoms with E-state index >= 15 is 0 Å². The zero-order valence-electron chi connectivity index (χ0n) is 9.56. The van der Waals surface area contributed by atoms with Crippen molar-refractivity contribution in [1.29, 1.82) is 0 Å². The van der Waals surface area contributed by atoms with Crippen molar-refractivity contribution in [3.05, 3.63) is 34.9 Å². The van der Waals surface area contributed by atoms with Crippen LogP contribution in [0.5, 0.6) is 0 Å². The maximum Gasteiger partial charge on any atom is 0.212 e. The molecule has 0 aliphatic heterocycles. The third-order valence-corrected chi connectivity index (χ3v) is 4.09. The molecule has 0 aliphatic carbocycles. The Kier molecular flexibility index (Phi) is 5.39. The maximum atomic E-state index is 11.6. The van der Waals surface area contributed by atoms with Gasteiger partial charge in [0, 0.05) is 17.7 Å². The molecule has 1 unspecified atom stereocenters. The Balaban J connectivity index is 2.65. The molecule has 1 aromatic carbocycles. The van der Waals surface area contributed by atoms with Crippen molar-refractivity contribution in [3.63, 3.8) is 0 Å². The number of aliphatic hydroxyl groups is 1. The van der Waals surface area contributed by atoms with Crippen LogP contribution < -0.4 is 4.72 Å². The first-order valence-corrected chi connectivity index (χ1v) is 7.34. The lowest BCUT2D eigenvalue weighted by Crippen LogP contribution is -2.29. The van der Waals surface area contributed by atoms with Gasteiger partial charge in [0.05, 0.1) is 5.75 Å². The van der Waals surface area contributed by atoms with E-state index in [0.717, 1.165) is 5.56 Å². The van der Waals surface area contributed by atoms with Gasteiger partial charge in [0.2, 0.25) is 10.0 Å². The lowest BCUT2D eigenvalue weighted by molar-refractivity contribution is 0.295. The van der Waals surface area contributed by atoms with Crippen LogP contribution in [0.2, 0.25) is 5.02 Å². The van der Waals surface area contributed by atoms with Crippen LogP contribution in [0.1, 0.15) is 24.9 Å². The second-order valence-corrected chi connectivity index (χ2v) is 6.10. The number of aliphatic hydroxyl groups excluding tert-OH is 1. The van der Waals surface area contributed by atoms with E-state index in [1.54, 1.807) is 31.2 Å². The predicted molar refractivity (Wildman–Crippen MR) is 68.5 cm³/mol. The molecule has 0 radical (unpaired) electrons. The number of rotatable bonds is 6. The van der Waals surface area contributed by atoms with E-state index in [4.69, 9.17) is 16.7 Å². The van der Waals surface area contributed by atoms with Crippen molar-refractivity contribution >= 4 is 21.6 Å². The molecule has 4 nitrogen and oxygen atoms in total. The van der Waals surface area contributed by atoms with Crippen molar-refractivity contribution < 1.29 is 13.5 Å². The van der Waals surface area contributed by atoms with Crippen LogP contribution in [0.25, 0.3) is 0 Å². The summed E-state index contributed by atoms with van der Waals surface area (Å²) in [6.45, 7) is 1.63. The molecule has 1 atom stereocenters. The van der Waals surface area contributed by atoms with E-state index in [-0.39, 0.29) is 24.8 Å². The van der Waals surface area contributed by atoms with Gasteiger partial charge in [-0.25, -0.2) is 13.1 Å². The molecule has 0 heterocycles. The molecular formula is C11H16ClNO3S. The first-order valence-electron chi connectivity index (χ1n) is 5.31. The third-order valence-electron chi connectivity index (χ3n) is 2.30. The minimum atomic E-state index is -3.34. The van der Waals surface area contributed by atoms with Crippen molar-refractivity contribution in [2.75, 3.05) is 12.4 Å². The molecule has 0 saturated carbocycles. The SMILES string of the molecule is CC(NS(=O)(=O)CCCO)c1ccc(Cl)cc1. The summed E-state index contributed by atoms with van der Waals surface area (Å²) in [5.74, 6) is -0.0680. The quantitative estimate of drug-likeness (QED) is 0.832. The Morgan fingerprint density at radius 2 is 1.94 bits per heavy atom. The van der Waals surface area contributed by atoms with Gasteiger partial charge in [0.25, 0.3) is 0 Å². The summed E-state index contributed by atoms with van der Waals surface area (Å²) >= 11 is 5.75. The first-order chi connectivity index (χ1) is 7.94. The van der Waals surface area contributed by atoms with Gasteiger partial charge in [-0.1, -0.05) is 23.7 Å². The van der Waals surface area contributed by atoms with E-state index in [0.29, 0.717) is 5.02 Å². The molecule has 1 rings (SSSR count). The number of halogens is 1. The van der Waals surface area contributed by atoms with Crippen LogP contribution >= 0.6 is 11.6 Å². The molecule has 0 aromatic heterocycles. The third kappa shape index (κ3) is 5.04. The topological polar surface area (TPSA) is 66.4 Å². The highest BCUT2D eigenvalue weighted by Crippen LogP contribution is 2.16. The van der Waals surface area contributed by atoms with Gasteiger partial charge in [-0.3, -0.25) is 0 Å². The molecule has 0 spiro atoms. The first kappa shape index (κ1) is 14.4. The standard InChI is InChI=1S/C11H16ClNO3S/c1-9(10-3-5-11(12)6-4-10)13-17(15,16)8-2-7-14/h3-6,9,13-14H,2,7-8H2,1H3. The number of hydrogen-bond acceptors (Lipinski definition) is 3. The number of benzene rings is 1. The maximum absolute atomic E-state index is 11.6. The van der Waals surface area contributed by atoms with Crippen molar-refractivity contribution in [2.45, 2.75) is 19.4 Å². The second-order valence-electron chi connectivity index (χ2n) is 3.79. The van der Waals surface area contributed by atoms with Crippen molar-refractivity contribution in [3.8, 4) is 0 Å². The molecule has 17 heavy (non-hydrogen) atoms. The van der Waals surface area contributed by atoms with E-state index in [2.05, 4.69) is 4.72 Å². The lowest BCUT2D eigenvalue weighted by Gasteiger charge is -2.14. The van der Waals surface area contributed by atoms with Crippen molar-refractivity contribution in [2.24, 2.45) is 0 Å². The Hall–Kier alpha value is -0.620. The van der Waals surface area contributed by atoms with Crippen molar-refractivity contribution in [1.82, 2.24) is 4.72 Å². The summed E-state index contributed by atoms with van der Waals surface area (Å²) in [5, 5.41) is 9.22. The minimum absolute atomic E-state index is 0.0680. The molecule has 0 fully saturated rings. The van der Waals surface area contributed by atoms with Gasteiger partial charge in [0.1, 0.15) is 0 Å². The van der Waals surface area contributed by atoms with Gasteiger partial charge in [-0.15, -0.1) is 0 Å². The molecule has 0 aliphatic rings. The highest BCUT2D eigenvalue weighted by atomic mass is 35.5. The summed E-state index contributed by atoms with van der Waals surface area (Å²) in [7, 11) is -3.34. The van der Waals surface area contributed by atoms with Crippen LogP contribution in [-0.2, 0) is 10.0 Å². The fourth-order valence-electron chi connectivity index (χ4n) is 1.40. The fourth-order valence-corrected chi connectivity index (χ4v) is 2.83. The molecule has 0 amide bonds. The molecule has 6 heteroatoms. The van der Waals surface area contributed by atoms with E-state index in [9.17, 15) is 8.42 Å². The fraction of sp³-hybridized carbons (Fsp3) is 0.455. The molecular weight excluding hydrogens is 262 g/mol. The molecule has 96 valence electrons. The normalized spacial score (nSPS) is 13.6. The van der Waals surface area contributed by atoms with Crippen LogP contribution in [0.15, 0.2) is 24.3 Å². The van der Waals surface area contributed by atoms with E-state index in [1.807, 2.05) is 0 Å². The lowest BCUT2D eigenvalue weighted by atomic mass is 10.1. The Morgan fingerprint density at radius 1 is 1.35 bits per heavy atom. The van der Waals surface area contributed by atoms with Crippen LogP contribution in [0.3, 0.4) is 0 Å². The van der Waals surface area contributed by atoms with E-state index in [1.165, 1.54) is 0 Å². The van der Waals surface area contributed by atoms with E-state index < -0.39 is 10.0 Å². The largest absolute Gasteiger partial charge is 0.396 e. The smallest absolute Gasteiger partial charge is 0.212 e.